The molecular weight excluding hydrogens is 396 g/mol. The van der Waals surface area contributed by atoms with Gasteiger partial charge in [-0.3, -0.25) is 9.59 Å². The van der Waals surface area contributed by atoms with Crippen molar-refractivity contribution >= 4 is 33.8 Å². The molecule has 0 atom stereocenters. The highest BCUT2D eigenvalue weighted by molar-refractivity contribution is 9.10. The highest BCUT2D eigenvalue weighted by atomic mass is 79.9. The summed E-state index contributed by atoms with van der Waals surface area (Å²) in [5.74, 6) is -0.524. The second-order valence-corrected chi connectivity index (χ2v) is 6.75. The summed E-state index contributed by atoms with van der Waals surface area (Å²) in [6.45, 7) is 2.04. The number of nitrogens with one attached hydrogen (secondary N) is 1. The molecule has 1 fully saturated rings. The Kier molecular flexibility index (Phi) is 6.20. The third-order valence-electron chi connectivity index (χ3n) is 3.99. The van der Waals surface area contributed by atoms with Crippen LogP contribution in [-0.4, -0.2) is 43.0 Å². The molecule has 0 aliphatic carbocycles. The highest BCUT2D eigenvalue weighted by Crippen LogP contribution is 2.13. The zero-order chi connectivity index (χ0) is 18.4. The van der Waals surface area contributed by atoms with Crippen molar-refractivity contribution in [2.45, 2.75) is 0 Å². The van der Waals surface area contributed by atoms with Crippen LogP contribution in [0.1, 0.15) is 15.9 Å². The Hall–Kier alpha value is -2.44. The van der Waals surface area contributed by atoms with E-state index in [1.165, 1.54) is 0 Å². The Bertz CT molecular complexity index is 798. The molecule has 5 nitrogen and oxygen atoms in total. The fourth-order valence-electron chi connectivity index (χ4n) is 2.60. The Morgan fingerprint density at radius 3 is 2.31 bits per heavy atom. The normalized spacial score (nSPS) is 14.8. The quantitative estimate of drug-likeness (QED) is 0.781. The number of morpholine rings is 1. The standard InChI is InChI=1S/C20H19BrN2O3/c21-17-8-6-16(7-9-17)19(24)22-18(14-15-4-2-1-3-5-15)20(25)23-10-12-26-13-11-23/h1-9,14H,10-13H2,(H,22,24)/b18-14-. The van der Waals surface area contributed by atoms with Crippen LogP contribution in [0.4, 0.5) is 0 Å². The van der Waals surface area contributed by atoms with Crippen molar-refractivity contribution in [1.82, 2.24) is 10.2 Å². The van der Waals surface area contributed by atoms with Gasteiger partial charge in [-0.25, -0.2) is 0 Å². The van der Waals surface area contributed by atoms with Crippen LogP contribution in [-0.2, 0) is 9.53 Å². The van der Waals surface area contributed by atoms with Crippen LogP contribution in [0.25, 0.3) is 6.08 Å². The Morgan fingerprint density at radius 1 is 1.00 bits per heavy atom. The van der Waals surface area contributed by atoms with Crippen molar-refractivity contribution in [2.75, 3.05) is 26.3 Å². The van der Waals surface area contributed by atoms with Gasteiger partial charge in [0.1, 0.15) is 5.70 Å². The first kappa shape index (κ1) is 18.4. The molecule has 26 heavy (non-hydrogen) atoms. The first-order chi connectivity index (χ1) is 12.6. The van der Waals surface area contributed by atoms with E-state index in [-0.39, 0.29) is 17.5 Å². The summed E-state index contributed by atoms with van der Waals surface area (Å²) >= 11 is 3.35. The van der Waals surface area contributed by atoms with Crippen LogP contribution in [0.3, 0.4) is 0 Å². The summed E-state index contributed by atoms with van der Waals surface area (Å²) < 4.78 is 6.19. The zero-order valence-corrected chi connectivity index (χ0v) is 15.7. The molecule has 1 N–H and O–H groups in total. The minimum absolute atomic E-state index is 0.206. The molecule has 1 aliphatic heterocycles. The number of carbonyl (C=O) groups is 2. The molecule has 1 saturated heterocycles. The molecule has 6 heteroatoms. The van der Waals surface area contributed by atoms with Gasteiger partial charge in [0, 0.05) is 23.1 Å². The maximum absolute atomic E-state index is 12.9. The van der Waals surface area contributed by atoms with Crippen molar-refractivity contribution in [2.24, 2.45) is 0 Å². The van der Waals surface area contributed by atoms with Gasteiger partial charge >= 0.3 is 0 Å². The molecule has 134 valence electrons. The van der Waals surface area contributed by atoms with Gasteiger partial charge in [0.05, 0.1) is 13.2 Å². The lowest BCUT2D eigenvalue weighted by atomic mass is 10.1. The average Bonchev–Trinajstić information content (AvgIpc) is 2.69. The highest BCUT2D eigenvalue weighted by Gasteiger charge is 2.22. The van der Waals surface area contributed by atoms with E-state index in [0.29, 0.717) is 31.9 Å². The summed E-state index contributed by atoms with van der Waals surface area (Å²) in [5, 5.41) is 2.77. The molecule has 3 rings (SSSR count). The molecule has 0 bridgehead atoms. The van der Waals surface area contributed by atoms with Crippen LogP contribution in [0.15, 0.2) is 64.8 Å². The average molecular weight is 415 g/mol. The van der Waals surface area contributed by atoms with Crippen LogP contribution in [0, 0.1) is 0 Å². The number of ether oxygens (including phenoxy) is 1. The van der Waals surface area contributed by atoms with E-state index in [4.69, 9.17) is 4.74 Å². The largest absolute Gasteiger partial charge is 0.378 e. The van der Waals surface area contributed by atoms with Crippen LogP contribution in [0.5, 0.6) is 0 Å². The molecule has 1 aliphatic rings. The van der Waals surface area contributed by atoms with E-state index in [9.17, 15) is 9.59 Å². The summed E-state index contributed by atoms with van der Waals surface area (Å²) in [7, 11) is 0. The first-order valence-corrected chi connectivity index (χ1v) is 9.13. The number of halogens is 1. The van der Waals surface area contributed by atoms with E-state index in [1.807, 2.05) is 30.3 Å². The molecule has 2 aromatic carbocycles. The second kappa shape index (κ2) is 8.78. The SMILES string of the molecule is O=C(N/C(=C\c1ccccc1)C(=O)N1CCOCC1)c1ccc(Br)cc1. The van der Waals surface area contributed by atoms with Gasteiger partial charge in [-0.2, -0.15) is 0 Å². The van der Waals surface area contributed by atoms with E-state index in [0.717, 1.165) is 10.0 Å². The third-order valence-corrected chi connectivity index (χ3v) is 4.52. The van der Waals surface area contributed by atoms with E-state index < -0.39 is 0 Å². The molecule has 1 heterocycles. The molecule has 0 aromatic heterocycles. The zero-order valence-electron chi connectivity index (χ0n) is 14.2. The van der Waals surface area contributed by atoms with Gasteiger partial charge in [-0.15, -0.1) is 0 Å². The number of hydrogen-bond donors (Lipinski definition) is 1. The lowest BCUT2D eigenvalue weighted by molar-refractivity contribution is -0.131. The minimum Gasteiger partial charge on any atom is -0.378 e. The minimum atomic E-state index is -0.318. The number of hydrogen-bond acceptors (Lipinski definition) is 3. The number of amides is 2. The van der Waals surface area contributed by atoms with Crippen molar-refractivity contribution < 1.29 is 14.3 Å². The van der Waals surface area contributed by atoms with Gasteiger partial charge in [-0.05, 0) is 35.9 Å². The molecule has 0 spiro atoms. The van der Waals surface area contributed by atoms with Crippen molar-refractivity contribution in [1.29, 1.82) is 0 Å². The summed E-state index contributed by atoms with van der Waals surface area (Å²) in [4.78, 5) is 27.2. The Balaban J connectivity index is 1.84. The lowest BCUT2D eigenvalue weighted by Crippen LogP contribution is -2.44. The second-order valence-electron chi connectivity index (χ2n) is 5.83. The lowest BCUT2D eigenvalue weighted by Gasteiger charge is -2.27. The first-order valence-electron chi connectivity index (χ1n) is 8.34. The predicted octanol–water partition coefficient (Wildman–Crippen LogP) is 3.08. The van der Waals surface area contributed by atoms with E-state index >= 15 is 0 Å². The Labute approximate surface area is 160 Å². The maximum atomic E-state index is 12.9. The van der Waals surface area contributed by atoms with Crippen molar-refractivity contribution in [3.63, 3.8) is 0 Å². The van der Waals surface area contributed by atoms with E-state index in [2.05, 4.69) is 21.2 Å². The Morgan fingerprint density at radius 2 is 1.65 bits per heavy atom. The number of benzene rings is 2. The number of carbonyl (C=O) groups excluding carboxylic acids is 2. The number of rotatable bonds is 4. The predicted molar refractivity (Wildman–Crippen MR) is 103 cm³/mol. The topological polar surface area (TPSA) is 58.6 Å². The van der Waals surface area contributed by atoms with Crippen LogP contribution < -0.4 is 5.32 Å². The molecule has 0 radical (unpaired) electrons. The monoisotopic (exact) mass is 414 g/mol. The number of nitrogens with zero attached hydrogens (tertiary/aromatic N) is 1. The van der Waals surface area contributed by atoms with Gasteiger partial charge in [0.2, 0.25) is 0 Å². The van der Waals surface area contributed by atoms with Crippen LogP contribution in [0.2, 0.25) is 0 Å². The molecule has 0 saturated carbocycles. The summed E-state index contributed by atoms with van der Waals surface area (Å²) in [5.41, 5.74) is 1.59. The van der Waals surface area contributed by atoms with Crippen molar-refractivity contribution in [3.8, 4) is 0 Å². The summed E-state index contributed by atoms with van der Waals surface area (Å²) in [6.07, 6.45) is 1.70. The third kappa shape index (κ3) is 4.80. The molecule has 0 unspecified atom stereocenters. The van der Waals surface area contributed by atoms with Gasteiger partial charge in [-0.1, -0.05) is 46.3 Å². The fourth-order valence-corrected chi connectivity index (χ4v) is 2.86. The smallest absolute Gasteiger partial charge is 0.270 e. The van der Waals surface area contributed by atoms with Crippen LogP contribution >= 0.6 is 15.9 Å². The van der Waals surface area contributed by atoms with Gasteiger partial charge < -0.3 is 15.0 Å². The van der Waals surface area contributed by atoms with Gasteiger partial charge in [0.15, 0.2) is 0 Å². The van der Waals surface area contributed by atoms with Crippen molar-refractivity contribution in [3.05, 3.63) is 75.9 Å². The maximum Gasteiger partial charge on any atom is 0.270 e. The molecule has 2 aromatic rings. The fraction of sp³-hybridized carbons (Fsp3) is 0.200. The molecule has 2 amide bonds. The van der Waals surface area contributed by atoms with Gasteiger partial charge in [0.25, 0.3) is 11.8 Å². The summed E-state index contributed by atoms with van der Waals surface area (Å²) in [6, 6.07) is 16.5. The van der Waals surface area contributed by atoms with E-state index in [1.54, 1.807) is 35.2 Å². The molecular formula is C20H19BrN2O3.